The first-order valence-corrected chi connectivity index (χ1v) is 7.76. The third-order valence-electron chi connectivity index (χ3n) is 3.30. The number of aliphatic hydroxyl groups is 1. The molecule has 10 heteroatoms. The van der Waals surface area contributed by atoms with Gasteiger partial charge in [-0.05, 0) is 24.3 Å². The molecule has 0 saturated heterocycles. The lowest BCUT2D eigenvalue weighted by Crippen LogP contribution is -2.21. The van der Waals surface area contributed by atoms with Crippen molar-refractivity contribution in [2.75, 3.05) is 30.4 Å². The smallest absolute Gasteiger partial charge is 0.341 e. The number of aliphatic hydroxyl groups excluding tert-OH is 1. The Bertz CT molecular complexity index is 858. The first-order valence-electron chi connectivity index (χ1n) is 7.76. The second kappa shape index (κ2) is 9.25. The molecule has 0 aliphatic carbocycles. The fourth-order valence-corrected chi connectivity index (χ4v) is 2.13. The van der Waals surface area contributed by atoms with Gasteiger partial charge in [0.15, 0.2) is 6.61 Å². The maximum absolute atomic E-state index is 13.1. The van der Waals surface area contributed by atoms with E-state index in [9.17, 15) is 24.1 Å². The molecule has 0 aliphatic heterocycles. The van der Waals surface area contributed by atoms with Crippen molar-refractivity contribution in [1.29, 1.82) is 0 Å². The van der Waals surface area contributed by atoms with Gasteiger partial charge >= 0.3 is 5.97 Å². The SMILES string of the molecule is O=C(COC(=O)c1cc([N+](=O)[O-])ccc1NCCO)Nc1cccc(F)c1. The Morgan fingerprint density at radius 2 is 2.00 bits per heavy atom. The highest BCUT2D eigenvalue weighted by Crippen LogP contribution is 2.23. The molecule has 142 valence electrons. The van der Waals surface area contributed by atoms with Crippen LogP contribution in [-0.2, 0) is 9.53 Å². The molecule has 0 saturated carbocycles. The second-order valence-electron chi connectivity index (χ2n) is 5.27. The maximum atomic E-state index is 13.1. The monoisotopic (exact) mass is 377 g/mol. The molecular formula is C17H16FN3O6. The molecular weight excluding hydrogens is 361 g/mol. The van der Waals surface area contributed by atoms with Crippen LogP contribution in [-0.4, -0.2) is 41.7 Å². The van der Waals surface area contributed by atoms with Gasteiger partial charge in [0.2, 0.25) is 0 Å². The van der Waals surface area contributed by atoms with Gasteiger partial charge in [-0.1, -0.05) is 6.07 Å². The Balaban J connectivity index is 2.06. The van der Waals surface area contributed by atoms with Crippen LogP contribution < -0.4 is 10.6 Å². The number of benzene rings is 2. The Labute approximate surface area is 152 Å². The van der Waals surface area contributed by atoms with Crippen molar-refractivity contribution < 1.29 is 28.7 Å². The minimum atomic E-state index is -0.964. The fraction of sp³-hybridized carbons (Fsp3) is 0.176. The molecule has 0 unspecified atom stereocenters. The standard InChI is InChI=1S/C17H16FN3O6/c18-11-2-1-3-12(8-11)20-16(23)10-27-17(24)14-9-13(21(25)26)4-5-15(14)19-6-7-22/h1-5,8-9,19,22H,6-7,10H2,(H,20,23). The number of carbonyl (C=O) groups is 2. The predicted octanol–water partition coefficient (Wildman–Crippen LogP) is 1.93. The summed E-state index contributed by atoms with van der Waals surface area (Å²) in [6, 6.07) is 8.66. The number of nitrogens with zero attached hydrogens (tertiary/aromatic N) is 1. The molecule has 0 atom stereocenters. The number of amides is 1. The molecule has 0 aliphatic rings. The summed E-state index contributed by atoms with van der Waals surface area (Å²) in [5.41, 5.74) is -0.0844. The van der Waals surface area contributed by atoms with Gasteiger partial charge in [-0.3, -0.25) is 14.9 Å². The summed E-state index contributed by atoms with van der Waals surface area (Å²) in [6.45, 7) is -0.781. The van der Waals surface area contributed by atoms with Crippen LogP contribution in [0.25, 0.3) is 0 Å². The number of halogens is 1. The average molecular weight is 377 g/mol. The van der Waals surface area contributed by atoms with Crippen LogP contribution in [0.1, 0.15) is 10.4 Å². The number of esters is 1. The number of hydrogen-bond acceptors (Lipinski definition) is 7. The number of anilines is 2. The van der Waals surface area contributed by atoms with E-state index in [1.54, 1.807) is 0 Å². The molecule has 2 aromatic carbocycles. The molecule has 0 aromatic heterocycles. The number of carbonyl (C=O) groups excluding carboxylic acids is 2. The molecule has 0 bridgehead atoms. The molecule has 0 heterocycles. The Hall–Kier alpha value is -3.53. The van der Waals surface area contributed by atoms with Gasteiger partial charge in [-0.15, -0.1) is 0 Å². The van der Waals surface area contributed by atoms with Crippen molar-refractivity contribution >= 4 is 28.9 Å². The molecule has 27 heavy (non-hydrogen) atoms. The van der Waals surface area contributed by atoms with E-state index >= 15 is 0 Å². The summed E-state index contributed by atoms with van der Waals surface area (Å²) in [5, 5.41) is 24.8. The van der Waals surface area contributed by atoms with Gasteiger partial charge in [-0.25, -0.2) is 9.18 Å². The third kappa shape index (κ3) is 5.75. The third-order valence-corrected chi connectivity index (χ3v) is 3.30. The van der Waals surface area contributed by atoms with Crippen molar-refractivity contribution in [2.24, 2.45) is 0 Å². The minimum Gasteiger partial charge on any atom is -0.452 e. The van der Waals surface area contributed by atoms with Crippen molar-refractivity contribution in [3.05, 3.63) is 64.0 Å². The van der Waals surface area contributed by atoms with Gasteiger partial charge in [0, 0.05) is 30.1 Å². The number of rotatable bonds is 8. The van der Waals surface area contributed by atoms with E-state index in [1.165, 1.54) is 30.3 Å². The van der Waals surface area contributed by atoms with Crippen molar-refractivity contribution in [1.82, 2.24) is 0 Å². The maximum Gasteiger partial charge on any atom is 0.341 e. The van der Waals surface area contributed by atoms with Crippen LogP contribution >= 0.6 is 0 Å². The van der Waals surface area contributed by atoms with Gasteiger partial charge < -0.3 is 20.5 Å². The summed E-state index contributed by atoms with van der Waals surface area (Å²) in [6.07, 6.45) is 0. The summed E-state index contributed by atoms with van der Waals surface area (Å²) in [4.78, 5) is 34.3. The summed E-state index contributed by atoms with van der Waals surface area (Å²) < 4.78 is 18.0. The molecule has 0 fully saturated rings. The molecule has 3 N–H and O–H groups in total. The molecule has 1 amide bonds. The fourth-order valence-electron chi connectivity index (χ4n) is 2.13. The van der Waals surface area contributed by atoms with Crippen LogP contribution in [0.2, 0.25) is 0 Å². The molecule has 2 aromatic rings. The largest absolute Gasteiger partial charge is 0.452 e. The lowest BCUT2D eigenvalue weighted by atomic mass is 10.1. The Morgan fingerprint density at radius 3 is 2.67 bits per heavy atom. The summed E-state index contributed by atoms with van der Waals surface area (Å²) in [7, 11) is 0. The number of hydrogen-bond donors (Lipinski definition) is 3. The molecule has 9 nitrogen and oxygen atoms in total. The summed E-state index contributed by atoms with van der Waals surface area (Å²) in [5.74, 6) is -2.21. The van der Waals surface area contributed by atoms with E-state index in [-0.39, 0.29) is 35.8 Å². The van der Waals surface area contributed by atoms with Crippen LogP contribution in [0.5, 0.6) is 0 Å². The van der Waals surface area contributed by atoms with E-state index in [4.69, 9.17) is 9.84 Å². The average Bonchev–Trinajstić information content (AvgIpc) is 2.64. The van der Waals surface area contributed by atoms with E-state index in [2.05, 4.69) is 10.6 Å². The molecule has 0 radical (unpaired) electrons. The van der Waals surface area contributed by atoms with Crippen molar-refractivity contribution in [3.63, 3.8) is 0 Å². The van der Waals surface area contributed by atoms with Gasteiger partial charge in [0.25, 0.3) is 11.6 Å². The number of nitro benzene ring substituents is 1. The lowest BCUT2D eigenvalue weighted by Gasteiger charge is -2.11. The first-order chi connectivity index (χ1) is 12.9. The number of ether oxygens (including phenoxy) is 1. The van der Waals surface area contributed by atoms with E-state index in [0.29, 0.717) is 0 Å². The molecule has 0 spiro atoms. The van der Waals surface area contributed by atoms with E-state index < -0.39 is 29.2 Å². The Morgan fingerprint density at radius 1 is 1.22 bits per heavy atom. The van der Waals surface area contributed by atoms with Crippen LogP contribution in [0.3, 0.4) is 0 Å². The zero-order chi connectivity index (χ0) is 19.8. The number of nitrogens with one attached hydrogen (secondary N) is 2. The van der Waals surface area contributed by atoms with E-state index in [0.717, 1.165) is 12.1 Å². The number of nitro groups is 1. The number of non-ortho nitro benzene ring substituents is 1. The lowest BCUT2D eigenvalue weighted by molar-refractivity contribution is -0.384. The van der Waals surface area contributed by atoms with Crippen LogP contribution in [0.15, 0.2) is 42.5 Å². The van der Waals surface area contributed by atoms with Crippen molar-refractivity contribution in [2.45, 2.75) is 0 Å². The molecule has 2 rings (SSSR count). The highest BCUT2D eigenvalue weighted by Gasteiger charge is 2.19. The highest BCUT2D eigenvalue weighted by molar-refractivity contribution is 5.99. The zero-order valence-electron chi connectivity index (χ0n) is 14.0. The topological polar surface area (TPSA) is 131 Å². The van der Waals surface area contributed by atoms with E-state index in [1.807, 2.05) is 0 Å². The van der Waals surface area contributed by atoms with Crippen LogP contribution in [0.4, 0.5) is 21.5 Å². The van der Waals surface area contributed by atoms with Gasteiger partial charge in [-0.2, -0.15) is 0 Å². The zero-order valence-corrected chi connectivity index (χ0v) is 14.0. The predicted molar refractivity (Wildman–Crippen MR) is 94.0 cm³/mol. The Kier molecular flexibility index (Phi) is 6.78. The highest BCUT2D eigenvalue weighted by atomic mass is 19.1. The van der Waals surface area contributed by atoms with Gasteiger partial charge in [0.1, 0.15) is 5.82 Å². The normalized spacial score (nSPS) is 10.1. The quantitative estimate of drug-likeness (QED) is 0.364. The van der Waals surface area contributed by atoms with Crippen LogP contribution in [0, 0.1) is 15.9 Å². The van der Waals surface area contributed by atoms with Gasteiger partial charge in [0.05, 0.1) is 17.1 Å². The minimum absolute atomic E-state index is 0.109. The summed E-state index contributed by atoms with van der Waals surface area (Å²) >= 11 is 0. The first kappa shape index (κ1) is 19.8. The second-order valence-corrected chi connectivity index (χ2v) is 5.27. The van der Waals surface area contributed by atoms with Crippen molar-refractivity contribution in [3.8, 4) is 0 Å².